The van der Waals surface area contributed by atoms with Gasteiger partial charge in [-0.25, -0.2) is 9.38 Å². The molecule has 3 aromatic rings. The number of hydrogen-bond acceptors (Lipinski definition) is 4. The molecule has 2 N–H and O–H groups in total. The molecular weight excluding hydrogens is 375 g/mol. The van der Waals surface area contributed by atoms with Gasteiger partial charge in [0.2, 0.25) is 0 Å². The number of amides is 1. The van der Waals surface area contributed by atoms with Crippen molar-refractivity contribution in [2.75, 3.05) is 6.54 Å². The SMILES string of the molecule is CCCCNC(=O)c1ccc2c(c1)N=C(c1cccc(F)c1)c1[nH]ncc1S2. The summed E-state index contributed by atoms with van der Waals surface area (Å²) in [5.74, 6) is -0.448. The monoisotopic (exact) mass is 394 g/mol. The zero-order valence-corrected chi connectivity index (χ0v) is 16.1. The first-order chi connectivity index (χ1) is 13.7. The van der Waals surface area contributed by atoms with E-state index in [0.29, 0.717) is 29.1 Å². The minimum absolute atomic E-state index is 0.117. The lowest BCUT2D eigenvalue weighted by molar-refractivity contribution is 0.0953. The second-order valence-corrected chi connectivity index (χ2v) is 7.56. The van der Waals surface area contributed by atoms with Gasteiger partial charge in [0, 0.05) is 22.6 Å². The highest BCUT2D eigenvalue weighted by atomic mass is 32.2. The van der Waals surface area contributed by atoms with Crippen LogP contribution in [0.2, 0.25) is 0 Å². The van der Waals surface area contributed by atoms with Crippen molar-refractivity contribution in [1.82, 2.24) is 15.5 Å². The van der Waals surface area contributed by atoms with Gasteiger partial charge in [-0.15, -0.1) is 0 Å². The van der Waals surface area contributed by atoms with Crippen LogP contribution in [0.5, 0.6) is 0 Å². The summed E-state index contributed by atoms with van der Waals surface area (Å²) in [6, 6.07) is 11.8. The third-order valence-electron chi connectivity index (χ3n) is 4.43. The van der Waals surface area contributed by atoms with Crippen LogP contribution in [-0.4, -0.2) is 28.4 Å². The third kappa shape index (κ3) is 3.71. The molecule has 1 amide bonds. The number of nitrogens with one attached hydrogen (secondary N) is 2. The van der Waals surface area contributed by atoms with Gasteiger partial charge >= 0.3 is 0 Å². The standard InChI is InChI=1S/C21H19FN4OS/c1-2-3-9-23-21(27)14-7-8-17-16(11-14)25-19(13-5-4-6-15(22)10-13)20-18(28-17)12-24-26-20/h4-8,10-12H,2-3,9H2,1H3,(H,23,27)(H,24,26). The Morgan fingerprint density at radius 3 is 2.93 bits per heavy atom. The molecule has 0 radical (unpaired) electrons. The van der Waals surface area contributed by atoms with Crippen molar-refractivity contribution in [1.29, 1.82) is 0 Å². The first kappa shape index (κ1) is 18.4. The predicted molar refractivity (Wildman–Crippen MR) is 108 cm³/mol. The van der Waals surface area contributed by atoms with Gasteiger partial charge < -0.3 is 5.32 Å². The molecule has 1 aromatic heterocycles. The van der Waals surface area contributed by atoms with Gasteiger partial charge in [-0.2, -0.15) is 5.10 Å². The zero-order valence-electron chi connectivity index (χ0n) is 15.3. The van der Waals surface area contributed by atoms with Gasteiger partial charge in [-0.3, -0.25) is 9.89 Å². The van der Waals surface area contributed by atoms with Gasteiger partial charge in [0.25, 0.3) is 5.91 Å². The largest absolute Gasteiger partial charge is 0.352 e. The summed E-state index contributed by atoms with van der Waals surface area (Å²) in [7, 11) is 0. The Morgan fingerprint density at radius 2 is 2.11 bits per heavy atom. The van der Waals surface area contributed by atoms with Gasteiger partial charge in [0.05, 0.1) is 28.2 Å². The fourth-order valence-electron chi connectivity index (χ4n) is 2.97. The van der Waals surface area contributed by atoms with Crippen molar-refractivity contribution < 1.29 is 9.18 Å². The number of carbonyl (C=O) groups excluding carboxylic acids is 1. The van der Waals surface area contributed by atoms with E-state index in [1.807, 2.05) is 12.1 Å². The Morgan fingerprint density at radius 1 is 1.21 bits per heavy atom. The lowest BCUT2D eigenvalue weighted by Crippen LogP contribution is -2.24. The third-order valence-corrected chi connectivity index (χ3v) is 5.52. The maximum absolute atomic E-state index is 13.8. The van der Waals surface area contributed by atoms with E-state index in [2.05, 4.69) is 22.4 Å². The van der Waals surface area contributed by atoms with Crippen molar-refractivity contribution in [3.05, 3.63) is 71.3 Å². The van der Waals surface area contributed by atoms with E-state index in [1.54, 1.807) is 24.4 Å². The molecule has 4 rings (SSSR count). The molecule has 0 unspecified atom stereocenters. The maximum atomic E-state index is 13.8. The Balaban J connectivity index is 1.76. The van der Waals surface area contributed by atoms with Gasteiger partial charge in [0.1, 0.15) is 5.82 Å². The molecule has 7 heteroatoms. The molecule has 5 nitrogen and oxygen atoms in total. The Hall–Kier alpha value is -2.93. The number of nitrogens with zero attached hydrogens (tertiary/aromatic N) is 2. The zero-order chi connectivity index (χ0) is 19.5. The minimum atomic E-state index is -0.331. The molecular formula is C21H19FN4OS. The second-order valence-electron chi connectivity index (χ2n) is 6.47. The van der Waals surface area contributed by atoms with Crippen LogP contribution in [0.3, 0.4) is 0 Å². The highest BCUT2D eigenvalue weighted by molar-refractivity contribution is 7.99. The summed E-state index contributed by atoms with van der Waals surface area (Å²) >= 11 is 1.52. The number of carbonyl (C=O) groups is 1. The predicted octanol–water partition coefficient (Wildman–Crippen LogP) is 4.71. The van der Waals surface area contributed by atoms with E-state index in [4.69, 9.17) is 4.99 Å². The number of benzene rings is 2. The van der Waals surface area contributed by atoms with Crippen molar-refractivity contribution in [2.24, 2.45) is 4.99 Å². The first-order valence-electron chi connectivity index (χ1n) is 9.14. The van der Waals surface area contributed by atoms with Gasteiger partial charge in [-0.1, -0.05) is 37.2 Å². The number of aromatic nitrogens is 2. The lowest BCUT2D eigenvalue weighted by Gasteiger charge is -2.08. The summed E-state index contributed by atoms with van der Waals surface area (Å²) < 4.78 is 13.8. The van der Waals surface area contributed by atoms with Gasteiger partial charge in [0.15, 0.2) is 0 Å². The van der Waals surface area contributed by atoms with E-state index in [0.717, 1.165) is 28.3 Å². The van der Waals surface area contributed by atoms with E-state index < -0.39 is 0 Å². The fourth-order valence-corrected chi connectivity index (χ4v) is 3.91. The summed E-state index contributed by atoms with van der Waals surface area (Å²) in [4.78, 5) is 19.0. The summed E-state index contributed by atoms with van der Waals surface area (Å²) in [5, 5.41) is 10.0. The average Bonchev–Trinajstić information content (AvgIpc) is 3.09. The summed E-state index contributed by atoms with van der Waals surface area (Å²) in [6.07, 6.45) is 3.69. The van der Waals surface area contributed by atoms with Crippen LogP contribution in [0.15, 0.2) is 63.4 Å². The quantitative estimate of drug-likeness (QED) is 0.482. The van der Waals surface area contributed by atoms with E-state index in [-0.39, 0.29) is 11.7 Å². The highest BCUT2D eigenvalue weighted by Crippen LogP contribution is 2.41. The van der Waals surface area contributed by atoms with E-state index in [9.17, 15) is 9.18 Å². The first-order valence-corrected chi connectivity index (χ1v) is 9.96. The number of aromatic amines is 1. The fraction of sp³-hybridized carbons (Fsp3) is 0.190. The summed E-state index contributed by atoms with van der Waals surface area (Å²) in [5.41, 5.74) is 3.22. The van der Waals surface area contributed by atoms with Crippen LogP contribution >= 0.6 is 11.8 Å². The Kier molecular flexibility index (Phi) is 5.25. The van der Waals surface area contributed by atoms with Crippen LogP contribution in [0.4, 0.5) is 10.1 Å². The molecule has 1 aliphatic heterocycles. The number of rotatable bonds is 5. The van der Waals surface area contributed by atoms with Crippen molar-refractivity contribution in [3.63, 3.8) is 0 Å². The smallest absolute Gasteiger partial charge is 0.251 e. The summed E-state index contributed by atoms with van der Waals surface area (Å²) in [6.45, 7) is 2.73. The molecule has 0 aliphatic carbocycles. The van der Waals surface area contributed by atoms with Crippen LogP contribution < -0.4 is 5.32 Å². The van der Waals surface area contributed by atoms with Crippen LogP contribution in [0.25, 0.3) is 0 Å². The molecule has 0 saturated carbocycles. The van der Waals surface area contributed by atoms with E-state index in [1.165, 1.54) is 23.9 Å². The van der Waals surface area contributed by atoms with E-state index >= 15 is 0 Å². The van der Waals surface area contributed by atoms with Crippen LogP contribution in [0, 0.1) is 5.82 Å². The molecule has 0 saturated heterocycles. The molecule has 0 spiro atoms. The highest BCUT2D eigenvalue weighted by Gasteiger charge is 2.22. The number of unbranched alkanes of at least 4 members (excludes halogenated alkanes) is 1. The topological polar surface area (TPSA) is 70.1 Å². The molecule has 2 heterocycles. The Bertz CT molecular complexity index is 1060. The molecule has 2 aromatic carbocycles. The molecule has 1 aliphatic rings. The van der Waals surface area contributed by atoms with Crippen LogP contribution in [-0.2, 0) is 0 Å². The molecule has 0 fully saturated rings. The number of fused-ring (bicyclic) bond motifs is 2. The molecule has 28 heavy (non-hydrogen) atoms. The second kappa shape index (κ2) is 7.98. The number of hydrogen-bond donors (Lipinski definition) is 2. The molecule has 0 atom stereocenters. The number of halogens is 1. The average molecular weight is 394 g/mol. The van der Waals surface area contributed by atoms with Crippen LogP contribution in [0.1, 0.15) is 41.4 Å². The van der Waals surface area contributed by atoms with Crippen molar-refractivity contribution in [2.45, 2.75) is 29.6 Å². The lowest BCUT2D eigenvalue weighted by atomic mass is 10.1. The van der Waals surface area contributed by atoms with Gasteiger partial charge in [-0.05, 0) is 36.8 Å². The molecule has 142 valence electrons. The van der Waals surface area contributed by atoms with Crippen molar-refractivity contribution in [3.8, 4) is 0 Å². The molecule has 0 bridgehead atoms. The number of aliphatic imine (C=N–C) groups is 1. The Labute approximate surface area is 166 Å². The maximum Gasteiger partial charge on any atom is 0.251 e. The van der Waals surface area contributed by atoms with Crippen molar-refractivity contribution >= 4 is 29.1 Å². The normalized spacial score (nSPS) is 12.6. The number of H-pyrrole nitrogens is 1. The minimum Gasteiger partial charge on any atom is -0.352 e.